The van der Waals surface area contributed by atoms with E-state index in [9.17, 15) is 0 Å². The van der Waals surface area contributed by atoms with E-state index in [-0.39, 0.29) is 0 Å². The summed E-state index contributed by atoms with van der Waals surface area (Å²) in [6.45, 7) is 22.0. The summed E-state index contributed by atoms with van der Waals surface area (Å²) in [4.78, 5) is 4.21. The molecule has 0 spiro atoms. The van der Waals surface area contributed by atoms with Crippen molar-refractivity contribution >= 4 is 71.7 Å². The van der Waals surface area contributed by atoms with Crippen LogP contribution in [0.15, 0.2) is 54.6 Å². The molecule has 0 saturated heterocycles. The van der Waals surface area contributed by atoms with Crippen LogP contribution in [0.5, 0.6) is 0 Å². The molecule has 0 aliphatic carbocycles. The van der Waals surface area contributed by atoms with E-state index in [1.54, 1.807) is 13.5 Å². The van der Waals surface area contributed by atoms with Crippen LogP contribution in [0.4, 0.5) is 0 Å². The third-order valence-corrected chi connectivity index (χ3v) is 20.0. The molecule has 0 aliphatic rings. The van der Waals surface area contributed by atoms with Crippen LogP contribution in [-0.4, -0.2) is 24.2 Å². The van der Waals surface area contributed by atoms with Crippen LogP contribution in [0.2, 0.25) is 58.9 Å². The molecule has 1 aromatic carbocycles. The largest absolute Gasteiger partial charge is 0.145 e. The molecule has 0 radical (unpaired) electrons. The van der Waals surface area contributed by atoms with Gasteiger partial charge in [0.15, 0.2) is 0 Å². The Balaban J connectivity index is 1.85. The Morgan fingerprint density at radius 2 is 0.636 bits per heavy atom. The van der Waals surface area contributed by atoms with Crippen molar-refractivity contribution < 1.29 is 0 Å². The normalized spacial score (nSPS) is 13.0. The number of hydrogen-bond donors (Lipinski definition) is 0. The Hall–Kier alpha value is -1.03. The molecule has 3 heterocycles. The molecule has 6 heteroatoms. The van der Waals surface area contributed by atoms with Gasteiger partial charge in [-0.1, -0.05) is 77.1 Å². The van der Waals surface area contributed by atoms with Crippen LogP contribution in [0.25, 0.3) is 31.3 Å². The van der Waals surface area contributed by atoms with E-state index in [0.29, 0.717) is 0 Å². The second kappa shape index (κ2) is 8.88. The zero-order valence-electron chi connectivity index (χ0n) is 21.4. The quantitative estimate of drug-likeness (QED) is 0.215. The molecule has 0 fully saturated rings. The molecule has 4 rings (SSSR count). The summed E-state index contributed by atoms with van der Waals surface area (Å²) >= 11 is 6.01. The van der Waals surface area contributed by atoms with E-state index in [2.05, 4.69) is 114 Å². The van der Waals surface area contributed by atoms with Gasteiger partial charge in [0.1, 0.15) is 0 Å². The van der Waals surface area contributed by atoms with Gasteiger partial charge in [-0.25, -0.2) is 0 Å². The predicted molar refractivity (Wildman–Crippen MR) is 165 cm³/mol. The highest BCUT2D eigenvalue weighted by Crippen LogP contribution is 2.37. The molecular formula is C27H36S3Si3. The molecule has 0 N–H and O–H groups in total. The van der Waals surface area contributed by atoms with Crippen molar-refractivity contribution in [2.45, 2.75) is 58.9 Å². The van der Waals surface area contributed by atoms with Crippen LogP contribution in [0, 0.1) is 0 Å². The fraction of sp³-hybridized carbons (Fsp3) is 0.333. The van der Waals surface area contributed by atoms with Gasteiger partial charge in [-0.3, -0.25) is 0 Å². The average molecular weight is 541 g/mol. The monoisotopic (exact) mass is 540 g/mol. The van der Waals surface area contributed by atoms with E-state index >= 15 is 0 Å². The average Bonchev–Trinajstić information content (AvgIpc) is 3.46. The number of hydrogen-bond acceptors (Lipinski definition) is 3. The zero-order chi connectivity index (χ0) is 24.2. The van der Waals surface area contributed by atoms with Crippen molar-refractivity contribution in [3.63, 3.8) is 0 Å². The van der Waals surface area contributed by atoms with Crippen LogP contribution >= 0.6 is 34.0 Å². The Morgan fingerprint density at radius 3 is 0.818 bits per heavy atom. The van der Waals surface area contributed by atoms with E-state index < -0.39 is 24.2 Å². The smallest absolute Gasteiger partial charge is 0.0904 e. The summed E-state index contributed by atoms with van der Waals surface area (Å²) in [6.07, 6.45) is 0. The van der Waals surface area contributed by atoms with Crippen molar-refractivity contribution in [2.24, 2.45) is 0 Å². The fourth-order valence-corrected chi connectivity index (χ4v) is 12.4. The van der Waals surface area contributed by atoms with Crippen molar-refractivity contribution in [1.82, 2.24) is 0 Å². The lowest BCUT2D eigenvalue weighted by molar-refractivity contribution is 1.67. The lowest BCUT2D eigenvalue weighted by Crippen LogP contribution is -2.34. The minimum Gasteiger partial charge on any atom is -0.145 e. The van der Waals surface area contributed by atoms with Crippen LogP contribution in [0.1, 0.15) is 0 Å². The summed E-state index contributed by atoms with van der Waals surface area (Å²) in [6, 6.07) is 21.5. The van der Waals surface area contributed by atoms with Crippen LogP contribution < -0.4 is 13.5 Å². The highest BCUT2D eigenvalue weighted by atomic mass is 32.1. The van der Waals surface area contributed by atoms with Gasteiger partial charge in [-0.2, -0.15) is 0 Å². The molecule has 0 amide bonds. The highest BCUT2D eigenvalue weighted by Gasteiger charge is 2.22. The molecule has 0 atom stereocenters. The SMILES string of the molecule is C[Si](C)(C)c1ccc(-c2cc(-c3ccc([Si](C)(C)C)s3)cc(-c3ccc([Si](C)(C)C)s3)c2)s1. The van der Waals surface area contributed by atoms with E-state index in [4.69, 9.17) is 0 Å². The standard InChI is InChI=1S/C27H36S3Si3/c1-31(2,3)25-13-10-22(28-25)19-16-20(23-11-14-26(29-23)32(4,5)6)18-21(17-19)24-12-15-27(30-24)33(7,8)9/h10-18H,1-9H3. The molecule has 174 valence electrons. The minimum absolute atomic E-state index is 1.30. The third-order valence-electron chi connectivity index (χ3n) is 5.82. The topological polar surface area (TPSA) is 0 Å². The molecule has 0 saturated carbocycles. The van der Waals surface area contributed by atoms with E-state index in [0.717, 1.165) is 0 Å². The maximum absolute atomic E-state index is 2.44. The number of rotatable bonds is 6. The van der Waals surface area contributed by atoms with Gasteiger partial charge in [-0.15, -0.1) is 34.0 Å². The van der Waals surface area contributed by atoms with Crippen molar-refractivity contribution in [1.29, 1.82) is 0 Å². The van der Waals surface area contributed by atoms with Crippen LogP contribution in [0.3, 0.4) is 0 Å². The molecular weight excluding hydrogens is 505 g/mol. The second-order valence-corrected chi connectivity index (χ2v) is 31.5. The minimum atomic E-state index is -1.30. The third kappa shape index (κ3) is 5.63. The molecule has 33 heavy (non-hydrogen) atoms. The Labute approximate surface area is 215 Å². The lowest BCUT2D eigenvalue weighted by Gasteiger charge is -2.13. The first kappa shape index (κ1) is 25.1. The van der Waals surface area contributed by atoms with Crippen molar-refractivity contribution in [3.8, 4) is 31.3 Å². The molecule has 3 aromatic heterocycles. The maximum atomic E-state index is 2.44. The first-order valence-electron chi connectivity index (χ1n) is 11.7. The molecule has 0 bridgehead atoms. The Morgan fingerprint density at radius 1 is 0.394 bits per heavy atom. The van der Waals surface area contributed by atoms with E-state index in [1.807, 2.05) is 34.0 Å². The molecule has 0 unspecified atom stereocenters. The van der Waals surface area contributed by atoms with Gasteiger partial charge < -0.3 is 0 Å². The molecule has 4 aromatic rings. The summed E-state index contributed by atoms with van der Waals surface area (Å²) < 4.78 is 4.75. The number of thiophene rings is 3. The van der Waals surface area contributed by atoms with Gasteiger partial charge >= 0.3 is 0 Å². The highest BCUT2D eigenvalue weighted by molar-refractivity contribution is 7.30. The van der Waals surface area contributed by atoms with Gasteiger partial charge in [0.05, 0.1) is 24.2 Å². The first-order valence-corrected chi connectivity index (χ1v) is 24.6. The summed E-state index contributed by atoms with van der Waals surface area (Å²) in [5.41, 5.74) is 4.09. The van der Waals surface area contributed by atoms with Gasteiger partial charge in [0.2, 0.25) is 0 Å². The Kier molecular flexibility index (Phi) is 6.75. The van der Waals surface area contributed by atoms with E-state index in [1.165, 1.54) is 31.3 Å². The van der Waals surface area contributed by atoms with Crippen molar-refractivity contribution in [3.05, 3.63) is 54.6 Å². The van der Waals surface area contributed by atoms with Crippen LogP contribution in [-0.2, 0) is 0 Å². The summed E-state index contributed by atoms with van der Waals surface area (Å²) in [7, 11) is -3.91. The van der Waals surface area contributed by atoms with Gasteiger partial charge in [0, 0.05) is 14.6 Å². The molecule has 0 aliphatic heterocycles. The molecule has 0 nitrogen and oxygen atoms in total. The second-order valence-electron chi connectivity index (χ2n) is 12.0. The lowest BCUT2D eigenvalue weighted by atomic mass is 10.0. The maximum Gasteiger partial charge on any atom is 0.0904 e. The summed E-state index contributed by atoms with van der Waals surface area (Å²) in [5, 5.41) is 0. The zero-order valence-corrected chi connectivity index (χ0v) is 26.9. The first-order chi connectivity index (χ1) is 15.2. The Bertz CT molecular complexity index is 1100. The van der Waals surface area contributed by atoms with Gasteiger partial charge in [0.25, 0.3) is 0 Å². The summed E-state index contributed by atoms with van der Waals surface area (Å²) in [5.74, 6) is 0. The van der Waals surface area contributed by atoms with Gasteiger partial charge in [-0.05, 0) is 66.6 Å². The van der Waals surface area contributed by atoms with Crippen molar-refractivity contribution in [2.75, 3.05) is 0 Å². The fourth-order valence-electron chi connectivity index (χ4n) is 3.74. The predicted octanol–water partition coefficient (Wildman–Crippen LogP) is 8.51. The number of benzene rings is 1.